The van der Waals surface area contributed by atoms with Gasteiger partial charge >= 0.3 is 0 Å². The minimum Gasteiger partial charge on any atom is -0.337 e. The minimum atomic E-state index is -3.43. The molecule has 1 amide bonds. The van der Waals surface area contributed by atoms with Gasteiger partial charge in [-0.15, -0.1) is 12.4 Å². The number of nitrogens with zero attached hydrogens (tertiary/aromatic N) is 2. The van der Waals surface area contributed by atoms with Gasteiger partial charge in [0.1, 0.15) is 0 Å². The lowest BCUT2D eigenvalue weighted by Crippen LogP contribution is -2.57. The van der Waals surface area contributed by atoms with E-state index >= 15 is 0 Å². The summed E-state index contributed by atoms with van der Waals surface area (Å²) in [6.45, 7) is 10.3. The Bertz CT molecular complexity index is 705. The topological polar surface area (TPSA) is 69.7 Å². The van der Waals surface area contributed by atoms with Gasteiger partial charge in [0.15, 0.2) is 0 Å². The normalized spacial score (nSPS) is 20.4. The molecule has 1 aromatic rings. The van der Waals surface area contributed by atoms with Crippen LogP contribution in [0.25, 0.3) is 0 Å². The lowest BCUT2D eigenvalue weighted by Gasteiger charge is -2.38. The fourth-order valence-corrected chi connectivity index (χ4v) is 4.80. The Kier molecular flexibility index (Phi) is 9.21. The van der Waals surface area contributed by atoms with Crippen molar-refractivity contribution in [3.05, 3.63) is 29.8 Å². The van der Waals surface area contributed by atoms with E-state index in [2.05, 4.69) is 19.2 Å². The monoisotopic (exact) mass is 417 g/mol. The fraction of sp³-hybridized carbons (Fsp3) is 0.632. The van der Waals surface area contributed by atoms with Crippen LogP contribution in [0.2, 0.25) is 0 Å². The second-order valence-corrected chi connectivity index (χ2v) is 8.74. The first kappa shape index (κ1) is 23.9. The van der Waals surface area contributed by atoms with E-state index in [9.17, 15) is 13.2 Å². The molecule has 1 aromatic carbocycles. The van der Waals surface area contributed by atoms with Crippen LogP contribution >= 0.6 is 12.4 Å². The average Bonchev–Trinajstić information content (AvgIpc) is 2.63. The molecule has 0 radical (unpaired) electrons. The van der Waals surface area contributed by atoms with E-state index in [0.29, 0.717) is 36.9 Å². The molecule has 0 saturated carbocycles. The van der Waals surface area contributed by atoms with E-state index in [0.717, 1.165) is 18.7 Å². The van der Waals surface area contributed by atoms with Crippen molar-refractivity contribution in [3.63, 3.8) is 0 Å². The smallest absolute Gasteiger partial charge is 0.243 e. The first-order chi connectivity index (χ1) is 12.3. The molecule has 8 heteroatoms. The van der Waals surface area contributed by atoms with Crippen molar-refractivity contribution in [1.29, 1.82) is 0 Å². The largest absolute Gasteiger partial charge is 0.337 e. The zero-order chi connectivity index (χ0) is 19.3. The Morgan fingerprint density at radius 2 is 1.78 bits per heavy atom. The molecule has 1 heterocycles. The number of hydrogen-bond acceptors (Lipinski definition) is 4. The number of nitrogens with one attached hydrogen (secondary N) is 1. The Balaban J connectivity index is 0.00000364. The van der Waals surface area contributed by atoms with Crippen LogP contribution in [0, 0.1) is 0 Å². The number of amides is 1. The van der Waals surface area contributed by atoms with Gasteiger partial charge in [0, 0.05) is 44.7 Å². The standard InChI is InChI=1S/C19H31N3O3S.ClH/c1-5-21(6-2)26(24,25)18-10-7-17(8-11-18)9-12-19(23)22-14-13-20-15(3)16(22)4;/h7-8,10-11,15-16,20H,5-6,9,12-14H2,1-4H3;1H. The van der Waals surface area contributed by atoms with E-state index < -0.39 is 10.0 Å². The number of rotatable bonds is 7. The van der Waals surface area contributed by atoms with Crippen molar-refractivity contribution in [2.24, 2.45) is 0 Å². The van der Waals surface area contributed by atoms with Gasteiger partial charge in [0.25, 0.3) is 0 Å². The second-order valence-electron chi connectivity index (χ2n) is 6.80. The van der Waals surface area contributed by atoms with Crippen LogP contribution < -0.4 is 5.32 Å². The number of carbonyl (C=O) groups excluding carboxylic acids is 1. The van der Waals surface area contributed by atoms with E-state index in [1.54, 1.807) is 12.1 Å². The van der Waals surface area contributed by atoms with Crippen LogP contribution in [0.4, 0.5) is 0 Å². The summed E-state index contributed by atoms with van der Waals surface area (Å²) >= 11 is 0. The molecule has 154 valence electrons. The van der Waals surface area contributed by atoms with Crippen LogP contribution in [-0.4, -0.2) is 61.8 Å². The number of piperazine rings is 1. The number of hydrogen-bond donors (Lipinski definition) is 1. The molecule has 1 fully saturated rings. The number of benzene rings is 1. The molecule has 2 rings (SSSR count). The molecular formula is C19H32ClN3O3S. The molecule has 2 unspecified atom stereocenters. The van der Waals surface area contributed by atoms with Gasteiger partial charge in [-0.05, 0) is 38.0 Å². The summed E-state index contributed by atoms with van der Waals surface area (Å²) in [5.41, 5.74) is 0.979. The molecule has 27 heavy (non-hydrogen) atoms. The molecular weight excluding hydrogens is 386 g/mol. The van der Waals surface area contributed by atoms with Gasteiger partial charge in [-0.2, -0.15) is 4.31 Å². The Morgan fingerprint density at radius 1 is 1.19 bits per heavy atom. The number of sulfonamides is 1. The summed E-state index contributed by atoms with van der Waals surface area (Å²) in [7, 11) is -3.43. The van der Waals surface area contributed by atoms with Crippen LogP contribution in [-0.2, 0) is 21.2 Å². The van der Waals surface area contributed by atoms with Crippen LogP contribution in [0.15, 0.2) is 29.2 Å². The van der Waals surface area contributed by atoms with E-state index in [-0.39, 0.29) is 24.4 Å². The summed E-state index contributed by atoms with van der Waals surface area (Å²) in [6, 6.07) is 7.41. The minimum absolute atomic E-state index is 0. The zero-order valence-corrected chi connectivity index (χ0v) is 18.3. The fourth-order valence-electron chi connectivity index (χ4n) is 3.34. The van der Waals surface area contributed by atoms with Crippen molar-refractivity contribution < 1.29 is 13.2 Å². The quantitative estimate of drug-likeness (QED) is 0.738. The molecule has 6 nitrogen and oxygen atoms in total. The molecule has 0 aromatic heterocycles. The highest BCUT2D eigenvalue weighted by molar-refractivity contribution is 7.89. The van der Waals surface area contributed by atoms with Crippen LogP contribution in [0.1, 0.15) is 39.7 Å². The lowest BCUT2D eigenvalue weighted by atomic mass is 10.0. The Morgan fingerprint density at radius 3 is 2.33 bits per heavy atom. The number of carbonyl (C=O) groups is 1. The van der Waals surface area contributed by atoms with Crippen molar-refractivity contribution in [2.75, 3.05) is 26.2 Å². The third-order valence-corrected chi connectivity index (χ3v) is 7.31. The maximum Gasteiger partial charge on any atom is 0.243 e. The maximum atomic E-state index is 12.5. The Labute approximate surface area is 169 Å². The summed E-state index contributed by atoms with van der Waals surface area (Å²) in [6.07, 6.45) is 1.06. The molecule has 1 saturated heterocycles. The van der Waals surface area contributed by atoms with E-state index in [4.69, 9.17) is 0 Å². The predicted octanol–water partition coefficient (Wildman–Crippen LogP) is 2.28. The van der Waals surface area contributed by atoms with E-state index in [1.165, 1.54) is 4.31 Å². The highest BCUT2D eigenvalue weighted by Gasteiger charge is 2.27. The van der Waals surface area contributed by atoms with Crippen LogP contribution in [0.5, 0.6) is 0 Å². The van der Waals surface area contributed by atoms with Gasteiger partial charge in [-0.3, -0.25) is 4.79 Å². The highest BCUT2D eigenvalue weighted by Crippen LogP contribution is 2.18. The second kappa shape index (κ2) is 10.4. The van der Waals surface area contributed by atoms with Gasteiger partial charge in [-0.1, -0.05) is 26.0 Å². The lowest BCUT2D eigenvalue weighted by molar-refractivity contribution is -0.134. The SMILES string of the molecule is CCN(CC)S(=O)(=O)c1ccc(CCC(=O)N2CCNC(C)C2C)cc1.Cl. The van der Waals surface area contributed by atoms with E-state index in [1.807, 2.05) is 30.9 Å². The van der Waals surface area contributed by atoms with Crippen LogP contribution in [0.3, 0.4) is 0 Å². The first-order valence-electron chi connectivity index (χ1n) is 9.43. The molecule has 0 spiro atoms. The molecule has 1 aliphatic rings. The summed E-state index contributed by atoms with van der Waals surface area (Å²) < 4.78 is 26.5. The van der Waals surface area contributed by atoms with Gasteiger partial charge < -0.3 is 10.2 Å². The van der Waals surface area contributed by atoms with Crippen molar-refractivity contribution >= 4 is 28.3 Å². The Hall–Kier alpha value is -1.15. The average molecular weight is 418 g/mol. The highest BCUT2D eigenvalue weighted by atomic mass is 35.5. The molecule has 2 atom stereocenters. The zero-order valence-electron chi connectivity index (χ0n) is 16.6. The summed E-state index contributed by atoms with van der Waals surface area (Å²) in [4.78, 5) is 14.8. The number of halogens is 1. The molecule has 1 aliphatic heterocycles. The molecule has 0 aliphatic carbocycles. The number of aryl methyl sites for hydroxylation is 1. The predicted molar refractivity (Wildman–Crippen MR) is 111 cm³/mol. The summed E-state index contributed by atoms with van der Waals surface area (Å²) in [5.74, 6) is 0.158. The third kappa shape index (κ3) is 5.67. The third-order valence-electron chi connectivity index (χ3n) is 5.25. The van der Waals surface area contributed by atoms with Crippen molar-refractivity contribution in [3.8, 4) is 0 Å². The summed E-state index contributed by atoms with van der Waals surface area (Å²) in [5, 5.41) is 3.37. The molecule has 1 N–H and O–H groups in total. The van der Waals surface area contributed by atoms with Gasteiger partial charge in [0.2, 0.25) is 15.9 Å². The maximum absolute atomic E-state index is 12.5. The molecule has 0 bridgehead atoms. The van der Waals surface area contributed by atoms with Crippen molar-refractivity contribution in [1.82, 2.24) is 14.5 Å². The first-order valence-corrected chi connectivity index (χ1v) is 10.9. The van der Waals surface area contributed by atoms with Crippen molar-refractivity contribution in [2.45, 2.75) is 57.5 Å². The van der Waals surface area contributed by atoms with Gasteiger partial charge in [0.05, 0.1) is 4.90 Å². The van der Waals surface area contributed by atoms with Gasteiger partial charge in [-0.25, -0.2) is 8.42 Å².